The van der Waals surface area contributed by atoms with Crippen molar-refractivity contribution >= 4 is 17.6 Å². The summed E-state index contributed by atoms with van der Waals surface area (Å²) in [4.78, 5) is 34.5. The van der Waals surface area contributed by atoms with Gasteiger partial charge in [-0.2, -0.15) is 0 Å². The molecule has 1 aromatic heterocycles. The van der Waals surface area contributed by atoms with Gasteiger partial charge in [0, 0.05) is 51.3 Å². The number of fused-ring (bicyclic) bond motifs is 1. The van der Waals surface area contributed by atoms with Gasteiger partial charge in [0.15, 0.2) is 0 Å². The zero-order chi connectivity index (χ0) is 22.5. The third-order valence-electron chi connectivity index (χ3n) is 6.18. The van der Waals surface area contributed by atoms with Crippen LogP contribution in [0.4, 0.5) is 5.82 Å². The summed E-state index contributed by atoms with van der Waals surface area (Å²) in [7, 11) is 1.64. The summed E-state index contributed by atoms with van der Waals surface area (Å²) in [5, 5.41) is 19.1. The molecule has 1 aliphatic carbocycles. The molecule has 0 saturated heterocycles. The Morgan fingerprint density at radius 2 is 2.00 bits per heavy atom. The molecule has 2 heterocycles. The Balaban J connectivity index is 1.22. The summed E-state index contributed by atoms with van der Waals surface area (Å²) >= 11 is 0. The fraction of sp³-hybridized carbons (Fsp3) is 0.478. The molecule has 2 aliphatic rings. The normalized spacial score (nSPS) is 21.1. The summed E-state index contributed by atoms with van der Waals surface area (Å²) in [5.74, 6) is 0.281. The number of nitrogens with zero attached hydrogens (tertiary/aromatic N) is 3. The first-order chi connectivity index (χ1) is 15.5. The fourth-order valence-electron chi connectivity index (χ4n) is 4.30. The van der Waals surface area contributed by atoms with Crippen LogP contribution >= 0.6 is 0 Å². The molecule has 4 rings (SSSR count). The number of amides is 2. The summed E-state index contributed by atoms with van der Waals surface area (Å²) in [6.45, 7) is 2.36. The Morgan fingerprint density at radius 1 is 1.22 bits per heavy atom. The lowest BCUT2D eigenvalue weighted by atomic mass is 9.79. The average molecular weight is 439 g/mol. The molecule has 0 radical (unpaired) electrons. The number of benzene rings is 1. The van der Waals surface area contributed by atoms with Crippen molar-refractivity contribution < 1.29 is 14.7 Å². The molecule has 9 nitrogen and oxygen atoms in total. The summed E-state index contributed by atoms with van der Waals surface area (Å²) in [5.41, 5.74) is 2.90. The quantitative estimate of drug-likeness (QED) is 0.475. The van der Waals surface area contributed by atoms with E-state index in [1.54, 1.807) is 13.1 Å². The van der Waals surface area contributed by atoms with Crippen LogP contribution in [0.25, 0.3) is 0 Å². The third kappa shape index (κ3) is 5.41. The maximum absolute atomic E-state index is 12.5. The smallest absolute Gasteiger partial charge is 0.270 e. The number of hydrogen-bond acceptors (Lipinski definition) is 7. The van der Waals surface area contributed by atoms with Gasteiger partial charge in [-0.15, -0.1) is 0 Å². The SMILES string of the molecule is CNC(=O)[C@H]1C[C@@H](Nc2cc(C(=O)NCC(O)CN3CCc4ccccc4C3)ncn2)C1. The van der Waals surface area contributed by atoms with E-state index in [1.807, 2.05) is 6.07 Å². The van der Waals surface area contributed by atoms with Gasteiger partial charge in [0.1, 0.15) is 17.8 Å². The number of carbonyl (C=O) groups is 2. The number of hydrogen-bond donors (Lipinski definition) is 4. The summed E-state index contributed by atoms with van der Waals surface area (Å²) in [6.07, 6.45) is 3.11. The number of carbonyl (C=O) groups excluding carboxylic acids is 2. The minimum Gasteiger partial charge on any atom is -0.390 e. The molecule has 9 heteroatoms. The number of aliphatic hydroxyl groups excluding tert-OH is 1. The molecule has 1 saturated carbocycles. The second kappa shape index (κ2) is 10.1. The molecule has 0 bridgehead atoms. The lowest BCUT2D eigenvalue weighted by Crippen LogP contribution is -2.43. The molecule has 1 atom stereocenters. The van der Waals surface area contributed by atoms with Gasteiger partial charge in [0.2, 0.25) is 5.91 Å². The lowest BCUT2D eigenvalue weighted by Gasteiger charge is -2.34. The second-order valence-corrected chi connectivity index (χ2v) is 8.53. The second-order valence-electron chi connectivity index (χ2n) is 8.53. The summed E-state index contributed by atoms with van der Waals surface area (Å²) < 4.78 is 0. The van der Waals surface area contributed by atoms with Crippen molar-refractivity contribution in [1.29, 1.82) is 0 Å². The molecule has 1 aromatic carbocycles. The van der Waals surface area contributed by atoms with Crippen molar-refractivity contribution in [2.75, 3.05) is 32.0 Å². The van der Waals surface area contributed by atoms with Crippen LogP contribution in [0.2, 0.25) is 0 Å². The van der Waals surface area contributed by atoms with Crippen molar-refractivity contribution in [3.05, 3.63) is 53.5 Å². The van der Waals surface area contributed by atoms with Gasteiger partial charge in [0.05, 0.1) is 6.10 Å². The number of anilines is 1. The van der Waals surface area contributed by atoms with Crippen LogP contribution in [-0.4, -0.2) is 70.6 Å². The minimum atomic E-state index is -0.666. The van der Waals surface area contributed by atoms with Gasteiger partial charge in [-0.1, -0.05) is 24.3 Å². The van der Waals surface area contributed by atoms with Crippen molar-refractivity contribution in [1.82, 2.24) is 25.5 Å². The molecule has 170 valence electrons. The van der Waals surface area contributed by atoms with Gasteiger partial charge in [-0.3, -0.25) is 14.5 Å². The van der Waals surface area contributed by atoms with E-state index in [4.69, 9.17) is 0 Å². The molecule has 2 aromatic rings. The van der Waals surface area contributed by atoms with Crippen LogP contribution < -0.4 is 16.0 Å². The van der Waals surface area contributed by atoms with Gasteiger partial charge in [0.25, 0.3) is 5.91 Å². The van der Waals surface area contributed by atoms with E-state index in [9.17, 15) is 14.7 Å². The van der Waals surface area contributed by atoms with E-state index >= 15 is 0 Å². The van der Waals surface area contributed by atoms with Crippen LogP contribution in [0.5, 0.6) is 0 Å². The Kier molecular flexibility index (Phi) is 6.96. The Hall–Kier alpha value is -3.04. The highest BCUT2D eigenvalue weighted by Gasteiger charge is 2.34. The van der Waals surface area contributed by atoms with Gasteiger partial charge in [-0.25, -0.2) is 9.97 Å². The molecule has 0 spiro atoms. The first kappa shape index (κ1) is 22.2. The van der Waals surface area contributed by atoms with Crippen LogP contribution in [-0.2, 0) is 17.8 Å². The molecule has 2 amide bonds. The Bertz CT molecular complexity index is 962. The standard InChI is InChI=1S/C23H30N6O3/c1-24-22(31)17-8-18(9-17)28-21-10-20(26-14-27-21)23(32)25-11-19(30)13-29-7-6-15-4-2-3-5-16(15)12-29/h2-5,10,14,17-19,30H,6-9,11-13H2,1H3,(H,24,31)(H,25,32)(H,26,27,28)/t17-,18+,19?. The largest absolute Gasteiger partial charge is 0.390 e. The number of rotatable bonds is 8. The molecule has 1 unspecified atom stereocenters. The number of aliphatic hydroxyl groups is 1. The highest BCUT2D eigenvalue weighted by molar-refractivity contribution is 5.92. The van der Waals surface area contributed by atoms with E-state index in [0.29, 0.717) is 12.4 Å². The van der Waals surface area contributed by atoms with E-state index in [0.717, 1.165) is 32.4 Å². The molecular formula is C23H30N6O3. The fourth-order valence-corrected chi connectivity index (χ4v) is 4.30. The highest BCUT2D eigenvalue weighted by Crippen LogP contribution is 2.29. The topological polar surface area (TPSA) is 119 Å². The van der Waals surface area contributed by atoms with Crippen LogP contribution in [0.15, 0.2) is 36.7 Å². The maximum Gasteiger partial charge on any atom is 0.270 e. The minimum absolute atomic E-state index is 0.0250. The number of aromatic nitrogens is 2. The van der Waals surface area contributed by atoms with E-state index in [1.165, 1.54) is 17.5 Å². The van der Waals surface area contributed by atoms with Gasteiger partial charge < -0.3 is 21.1 Å². The van der Waals surface area contributed by atoms with Crippen LogP contribution in [0, 0.1) is 5.92 Å². The van der Waals surface area contributed by atoms with E-state index < -0.39 is 6.10 Å². The lowest BCUT2D eigenvalue weighted by molar-refractivity contribution is -0.127. The molecule has 1 aliphatic heterocycles. The first-order valence-corrected chi connectivity index (χ1v) is 11.1. The molecule has 1 fully saturated rings. The van der Waals surface area contributed by atoms with Crippen molar-refractivity contribution in [3.8, 4) is 0 Å². The van der Waals surface area contributed by atoms with Gasteiger partial charge >= 0.3 is 0 Å². The molecule has 4 N–H and O–H groups in total. The Morgan fingerprint density at radius 3 is 2.78 bits per heavy atom. The number of β-amino-alcohol motifs (C(OH)–C–C–N with tert-alkyl or cyclic N) is 1. The predicted molar refractivity (Wildman–Crippen MR) is 120 cm³/mol. The highest BCUT2D eigenvalue weighted by atomic mass is 16.3. The molecular weight excluding hydrogens is 408 g/mol. The van der Waals surface area contributed by atoms with Crippen LogP contribution in [0.1, 0.15) is 34.5 Å². The van der Waals surface area contributed by atoms with E-state index in [2.05, 4.69) is 49.0 Å². The predicted octanol–water partition coefficient (Wildman–Crippen LogP) is 0.562. The van der Waals surface area contributed by atoms with Crippen molar-refractivity contribution in [3.63, 3.8) is 0 Å². The van der Waals surface area contributed by atoms with Crippen molar-refractivity contribution in [2.24, 2.45) is 5.92 Å². The monoisotopic (exact) mass is 438 g/mol. The Labute approximate surface area is 187 Å². The number of nitrogens with one attached hydrogen (secondary N) is 3. The van der Waals surface area contributed by atoms with Gasteiger partial charge in [-0.05, 0) is 30.4 Å². The maximum atomic E-state index is 12.5. The third-order valence-corrected chi connectivity index (χ3v) is 6.18. The average Bonchev–Trinajstić information content (AvgIpc) is 2.79. The van der Waals surface area contributed by atoms with Crippen molar-refractivity contribution in [2.45, 2.75) is 38.0 Å². The zero-order valence-electron chi connectivity index (χ0n) is 18.3. The summed E-state index contributed by atoms with van der Waals surface area (Å²) in [6, 6.07) is 10.1. The zero-order valence-corrected chi connectivity index (χ0v) is 18.3. The van der Waals surface area contributed by atoms with Crippen LogP contribution in [0.3, 0.4) is 0 Å². The molecule has 32 heavy (non-hydrogen) atoms. The van der Waals surface area contributed by atoms with E-state index in [-0.39, 0.29) is 36.0 Å². The first-order valence-electron chi connectivity index (χ1n) is 11.1.